The zero-order valence-corrected chi connectivity index (χ0v) is 15.9. The number of carbonyl (C=O) groups is 2. The summed E-state index contributed by atoms with van der Waals surface area (Å²) in [5.41, 5.74) is 4.66. The molecule has 3 rings (SSSR count). The van der Waals surface area contributed by atoms with Gasteiger partial charge in [0.1, 0.15) is 0 Å². The average molecular weight is 400 g/mol. The van der Waals surface area contributed by atoms with Gasteiger partial charge in [-0.25, -0.2) is 11.0 Å². The molecule has 0 bridgehead atoms. The van der Waals surface area contributed by atoms with Gasteiger partial charge in [-0.3, -0.25) is 20.0 Å². The number of benzene rings is 1. The quantitative estimate of drug-likeness (QED) is 0.187. The topological polar surface area (TPSA) is 141 Å². The van der Waals surface area contributed by atoms with Crippen molar-refractivity contribution in [1.29, 1.82) is 5.26 Å². The lowest BCUT2D eigenvalue weighted by molar-refractivity contribution is -0.147. The van der Waals surface area contributed by atoms with E-state index in [4.69, 9.17) is 10.5 Å². The number of carbonyl (C=O) groups excluding carboxylic acids is 2. The first kappa shape index (κ1) is 20.6. The summed E-state index contributed by atoms with van der Waals surface area (Å²) in [6.45, 7) is 1.57. The van der Waals surface area contributed by atoms with Gasteiger partial charge in [-0.05, 0) is 18.4 Å². The van der Waals surface area contributed by atoms with Gasteiger partial charge in [0.05, 0.1) is 11.8 Å². The van der Waals surface area contributed by atoms with Crippen molar-refractivity contribution in [3.63, 3.8) is 0 Å². The molecule has 10 heteroatoms. The molecule has 1 aromatic rings. The monoisotopic (exact) mass is 400 g/mol. The van der Waals surface area contributed by atoms with Crippen LogP contribution in [-0.2, 0) is 9.59 Å². The SMILES string of the molecule is N#CN=C(NO)N1CCC(C(=O)N2CC[C@H](c3ccccc3)C2)C(C(=O)NO)C1. The van der Waals surface area contributed by atoms with Crippen molar-refractivity contribution in [2.45, 2.75) is 18.8 Å². The highest BCUT2D eigenvalue weighted by atomic mass is 16.5. The number of rotatable bonds is 3. The fraction of sp³-hybridized carbons (Fsp3) is 0.474. The predicted molar refractivity (Wildman–Crippen MR) is 101 cm³/mol. The molecule has 2 saturated heterocycles. The molecule has 2 amide bonds. The maximum Gasteiger partial charge on any atom is 0.249 e. The van der Waals surface area contributed by atoms with Gasteiger partial charge < -0.3 is 9.80 Å². The van der Waals surface area contributed by atoms with E-state index in [0.29, 0.717) is 26.1 Å². The molecule has 4 N–H and O–H groups in total. The fourth-order valence-corrected chi connectivity index (χ4v) is 4.19. The van der Waals surface area contributed by atoms with E-state index in [2.05, 4.69) is 17.1 Å². The molecule has 2 aliphatic rings. The smallest absolute Gasteiger partial charge is 0.249 e. The van der Waals surface area contributed by atoms with Gasteiger partial charge in [0, 0.05) is 32.1 Å². The minimum absolute atomic E-state index is 0.0346. The lowest BCUT2D eigenvalue weighted by Crippen LogP contribution is -2.55. The average Bonchev–Trinajstić information content (AvgIpc) is 3.27. The van der Waals surface area contributed by atoms with Crippen LogP contribution >= 0.6 is 0 Å². The number of hydrogen-bond donors (Lipinski definition) is 4. The van der Waals surface area contributed by atoms with Gasteiger partial charge in [0.15, 0.2) is 0 Å². The lowest BCUT2D eigenvalue weighted by Gasteiger charge is -2.38. The first-order chi connectivity index (χ1) is 14.1. The fourth-order valence-electron chi connectivity index (χ4n) is 4.19. The molecule has 2 fully saturated rings. The van der Waals surface area contributed by atoms with E-state index in [1.165, 1.54) is 10.5 Å². The molecule has 0 spiro atoms. The second kappa shape index (κ2) is 9.36. The van der Waals surface area contributed by atoms with Gasteiger partial charge in [-0.2, -0.15) is 5.26 Å². The summed E-state index contributed by atoms with van der Waals surface area (Å²) in [4.78, 5) is 32.2. The van der Waals surface area contributed by atoms with Crippen molar-refractivity contribution in [1.82, 2.24) is 20.8 Å². The van der Waals surface area contributed by atoms with Crippen LogP contribution in [0, 0.1) is 23.3 Å². The molecule has 1 aromatic carbocycles. The lowest BCUT2D eigenvalue weighted by atomic mass is 9.83. The van der Waals surface area contributed by atoms with E-state index >= 15 is 0 Å². The Morgan fingerprint density at radius 2 is 1.76 bits per heavy atom. The first-order valence-corrected chi connectivity index (χ1v) is 9.48. The van der Waals surface area contributed by atoms with E-state index < -0.39 is 17.7 Å². The van der Waals surface area contributed by atoms with Crippen molar-refractivity contribution >= 4 is 17.8 Å². The third kappa shape index (κ3) is 4.47. The van der Waals surface area contributed by atoms with Crippen molar-refractivity contribution in [2.24, 2.45) is 16.8 Å². The Labute approximate surface area is 168 Å². The van der Waals surface area contributed by atoms with Gasteiger partial charge in [0.25, 0.3) is 0 Å². The van der Waals surface area contributed by atoms with Crippen LogP contribution in [0.4, 0.5) is 0 Å². The summed E-state index contributed by atoms with van der Waals surface area (Å²) < 4.78 is 0. The molecule has 0 saturated carbocycles. The maximum absolute atomic E-state index is 13.2. The molecule has 10 nitrogen and oxygen atoms in total. The molecule has 0 aromatic heterocycles. The molecule has 29 heavy (non-hydrogen) atoms. The van der Waals surface area contributed by atoms with E-state index in [0.717, 1.165) is 6.42 Å². The molecule has 0 radical (unpaired) electrons. The second-order valence-electron chi connectivity index (χ2n) is 7.25. The zero-order valence-electron chi connectivity index (χ0n) is 15.9. The van der Waals surface area contributed by atoms with Gasteiger partial charge >= 0.3 is 0 Å². The number of nitriles is 1. The van der Waals surface area contributed by atoms with Gasteiger partial charge in [-0.15, -0.1) is 4.99 Å². The first-order valence-electron chi connectivity index (χ1n) is 9.48. The molecular weight excluding hydrogens is 376 g/mol. The summed E-state index contributed by atoms with van der Waals surface area (Å²) in [6, 6.07) is 10.0. The minimum Gasteiger partial charge on any atom is -0.342 e. The van der Waals surface area contributed by atoms with E-state index in [1.807, 2.05) is 23.7 Å². The summed E-state index contributed by atoms with van der Waals surface area (Å²) in [6.07, 6.45) is 2.76. The highest BCUT2D eigenvalue weighted by molar-refractivity contribution is 5.89. The normalized spacial score (nSPS) is 24.7. The standard InChI is InChI=1S/C19H24N6O4/c20-12-21-19(23-29)25-9-7-15(16(11-25)17(26)22-28)18(27)24-8-6-14(10-24)13-4-2-1-3-5-13/h1-5,14-16,28-29H,6-11H2,(H,21,23)(H,22,26)/t14-,15?,16?/m0/s1. The summed E-state index contributed by atoms with van der Waals surface area (Å²) >= 11 is 0. The molecular formula is C19H24N6O4. The Kier molecular flexibility index (Phi) is 6.64. The summed E-state index contributed by atoms with van der Waals surface area (Å²) in [5, 5.41) is 27.0. The Morgan fingerprint density at radius 1 is 1.03 bits per heavy atom. The van der Waals surface area contributed by atoms with E-state index in [9.17, 15) is 14.8 Å². The van der Waals surface area contributed by atoms with Gasteiger partial charge in [0.2, 0.25) is 24.0 Å². The van der Waals surface area contributed by atoms with Crippen LogP contribution < -0.4 is 11.0 Å². The Bertz CT molecular complexity index is 809. The van der Waals surface area contributed by atoms with E-state index in [-0.39, 0.29) is 24.3 Å². The number of nitrogens with zero attached hydrogens (tertiary/aromatic N) is 4. The molecule has 0 aliphatic carbocycles. The highest BCUT2D eigenvalue weighted by Gasteiger charge is 2.42. The third-order valence-electron chi connectivity index (χ3n) is 5.70. The van der Waals surface area contributed by atoms with Crippen LogP contribution in [0.25, 0.3) is 0 Å². The number of hydroxylamine groups is 2. The van der Waals surface area contributed by atoms with Crippen LogP contribution in [0.15, 0.2) is 35.3 Å². The summed E-state index contributed by atoms with van der Waals surface area (Å²) in [5.74, 6) is -2.07. The summed E-state index contributed by atoms with van der Waals surface area (Å²) in [7, 11) is 0. The van der Waals surface area contributed by atoms with Crippen molar-refractivity contribution in [3.8, 4) is 6.19 Å². The number of amides is 2. The van der Waals surface area contributed by atoms with Crippen LogP contribution in [0.3, 0.4) is 0 Å². The largest absolute Gasteiger partial charge is 0.342 e. The number of nitrogens with one attached hydrogen (secondary N) is 2. The molecule has 2 heterocycles. The molecule has 3 atom stereocenters. The van der Waals surface area contributed by atoms with Crippen LogP contribution in [0.1, 0.15) is 24.3 Å². The van der Waals surface area contributed by atoms with Gasteiger partial charge in [-0.1, -0.05) is 30.3 Å². The number of guanidine groups is 1. The Morgan fingerprint density at radius 3 is 2.41 bits per heavy atom. The van der Waals surface area contributed by atoms with Crippen LogP contribution in [-0.4, -0.2) is 64.2 Å². The highest BCUT2D eigenvalue weighted by Crippen LogP contribution is 2.32. The zero-order chi connectivity index (χ0) is 20.8. The third-order valence-corrected chi connectivity index (χ3v) is 5.70. The Balaban J connectivity index is 1.72. The minimum atomic E-state index is -0.839. The second-order valence-corrected chi connectivity index (χ2v) is 7.25. The number of hydrogen-bond acceptors (Lipinski definition) is 6. The molecule has 2 aliphatic heterocycles. The number of aliphatic imine (C=N–C) groups is 1. The molecule has 2 unspecified atom stereocenters. The van der Waals surface area contributed by atoms with Crippen LogP contribution in [0.5, 0.6) is 0 Å². The van der Waals surface area contributed by atoms with Crippen molar-refractivity contribution in [2.75, 3.05) is 26.2 Å². The number of piperidine rings is 1. The van der Waals surface area contributed by atoms with E-state index in [1.54, 1.807) is 16.6 Å². The number of likely N-dealkylation sites (tertiary alicyclic amines) is 2. The van der Waals surface area contributed by atoms with Crippen LogP contribution in [0.2, 0.25) is 0 Å². The Hall–Kier alpha value is -3.16. The van der Waals surface area contributed by atoms with Crippen molar-refractivity contribution in [3.05, 3.63) is 35.9 Å². The van der Waals surface area contributed by atoms with Crippen molar-refractivity contribution < 1.29 is 20.0 Å². The molecule has 154 valence electrons. The maximum atomic E-state index is 13.2. The predicted octanol–water partition coefficient (Wildman–Crippen LogP) is 0.262.